The van der Waals surface area contributed by atoms with Crippen molar-refractivity contribution in [3.63, 3.8) is 0 Å². The summed E-state index contributed by atoms with van der Waals surface area (Å²) in [5.41, 5.74) is 0. The second-order valence-electron chi connectivity index (χ2n) is 3.84. The van der Waals surface area contributed by atoms with Crippen LogP contribution in [-0.2, 0) is 4.74 Å². The quantitative estimate of drug-likeness (QED) is 0.637. The monoisotopic (exact) mass is 271 g/mol. The fourth-order valence-corrected chi connectivity index (χ4v) is 3.45. The SMILES string of the molecule is C=CCNc1nnc(SCC2CCCCO2)s1. The summed E-state index contributed by atoms with van der Waals surface area (Å²) in [6.45, 7) is 5.29. The number of anilines is 1. The summed E-state index contributed by atoms with van der Waals surface area (Å²) in [7, 11) is 0. The van der Waals surface area contributed by atoms with Gasteiger partial charge < -0.3 is 10.1 Å². The predicted octanol–water partition coefficient (Wildman–Crippen LogP) is 2.80. The largest absolute Gasteiger partial charge is 0.377 e. The lowest BCUT2D eigenvalue weighted by molar-refractivity contribution is 0.0315. The second-order valence-corrected chi connectivity index (χ2v) is 6.09. The van der Waals surface area contributed by atoms with Crippen LogP contribution in [0.5, 0.6) is 0 Å². The lowest BCUT2D eigenvalue weighted by Gasteiger charge is -2.21. The normalized spacial score (nSPS) is 20.1. The number of rotatable bonds is 6. The molecule has 1 saturated heterocycles. The third-order valence-corrected chi connectivity index (χ3v) is 4.62. The van der Waals surface area contributed by atoms with Crippen LogP contribution in [0.1, 0.15) is 19.3 Å². The van der Waals surface area contributed by atoms with Crippen LogP contribution < -0.4 is 5.32 Å². The molecule has 0 radical (unpaired) electrons. The maximum Gasteiger partial charge on any atom is 0.206 e. The molecule has 2 rings (SSSR count). The van der Waals surface area contributed by atoms with Gasteiger partial charge in [0.1, 0.15) is 0 Å². The highest BCUT2D eigenvalue weighted by Gasteiger charge is 2.15. The minimum atomic E-state index is 0.391. The molecule has 17 heavy (non-hydrogen) atoms. The molecule has 0 aliphatic carbocycles. The Labute approximate surface area is 110 Å². The predicted molar refractivity (Wildman–Crippen MR) is 72.9 cm³/mol. The molecule has 4 nitrogen and oxygen atoms in total. The molecule has 94 valence electrons. The van der Waals surface area contributed by atoms with E-state index in [2.05, 4.69) is 22.1 Å². The first kappa shape index (κ1) is 12.9. The van der Waals surface area contributed by atoms with Crippen LogP contribution in [-0.4, -0.2) is 35.2 Å². The molecular formula is C11H17N3OS2. The van der Waals surface area contributed by atoms with E-state index in [1.807, 2.05) is 6.08 Å². The van der Waals surface area contributed by atoms with E-state index in [4.69, 9.17) is 4.74 Å². The molecule has 1 aromatic rings. The maximum atomic E-state index is 5.68. The number of hydrogen-bond acceptors (Lipinski definition) is 6. The van der Waals surface area contributed by atoms with Crippen molar-refractivity contribution >= 4 is 28.2 Å². The van der Waals surface area contributed by atoms with Crippen molar-refractivity contribution in [1.82, 2.24) is 10.2 Å². The van der Waals surface area contributed by atoms with Gasteiger partial charge >= 0.3 is 0 Å². The van der Waals surface area contributed by atoms with Crippen molar-refractivity contribution in [3.8, 4) is 0 Å². The first-order chi connectivity index (χ1) is 8.38. The fraction of sp³-hybridized carbons (Fsp3) is 0.636. The Morgan fingerprint density at radius 3 is 3.24 bits per heavy atom. The van der Waals surface area contributed by atoms with E-state index in [9.17, 15) is 0 Å². The van der Waals surface area contributed by atoms with Gasteiger partial charge in [-0.05, 0) is 19.3 Å². The van der Waals surface area contributed by atoms with Crippen molar-refractivity contribution in [1.29, 1.82) is 0 Å². The molecule has 2 heterocycles. The van der Waals surface area contributed by atoms with Gasteiger partial charge in [-0.1, -0.05) is 29.2 Å². The first-order valence-corrected chi connectivity index (χ1v) is 7.61. The van der Waals surface area contributed by atoms with Crippen molar-refractivity contribution in [2.75, 3.05) is 24.2 Å². The van der Waals surface area contributed by atoms with Gasteiger partial charge in [-0.15, -0.1) is 16.8 Å². The van der Waals surface area contributed by atoms with Crippen molar-refractivity contribution in [2.45, 2.75) is 29.7 Å². The maximum absolute atomic E-state index is 5.68. The van der Waals surface area contributed by atoms with E-state index in [0.717, 1.165) is 28.4 Å². The number of ether oxygens (including phenoxy) is 1. The van der Waals surface area contributed by atoms with Crippen LogP contribution in [0.2, 0.25) is 0 Å². The van der Waals surface area contributed by atoms with Gasteiger partial charge in [0.25, 0.3) is 0 Å². The fourth-order valence-electron chi connectivity index (χ4n) is 1.60. The van der Waals surface area contributed by atoms with Gasteiger partial charge in [-0.3, -0.25) is 0 Å². The minimum Gasteiger partial charge on any atom is -0.377 e. The van der Waals surface area contributed by atoms with Gasteiger partial charge in [-0.25, -0.2) is 0 Å². The van der Waals surface area contributed by atoms with Crippen LogP contribution in [0, 0.1) is 0 Å². The van der Waals surface area contributed by atoms with E-state index >= 15 is 0 Å². The van der Waals surface area contributed by atoms with Gasteiger partial charge in [0, 0.05) is 18.9 Å². The van der Waals surface area contributed by atoms with Crippen molar-refractivity contribution in [3.05, 3.63) is 12.7 Å². The molecule has 1 aliphatic heterocycles. The third-order valence-electron chi connectivity index (χ3n) is 2.47. The summed E-state index contributed by atoms with van der Waals surface area (Å²) < 4.78 is 6.68. The highest BCUT2D eigenvalue weighted by molar-refractivity contribution is 8.01. The zero-order chi connectivity index (χ0) is 11.9. The molecule has 1 fully saturated rings. The molecule has 0 saturated carbocycles. The molecule has 6 heteroatoms. The standard InChI is InChI=1S/C11H17N3OS2/c1-2-6-12-10-13-14-11(17-10)16-8-9-5-3-4-7-15-9/h2,9H,1,3-8H2,(H,12,13). The Bertz CT molecular complexity index is 350. The van der Waals surface area contributed by atoms with Crippen molar-refractivity contribution < 1.29 is 4.74 Å². The molecule has 0 spiro atoms. The van der Waals surface area contributed by atoms with E-state index in [-0.39, 0.29) is 0 Å². The third kappa shape index (κ3) is 4.29. The number of nitrogens with zero attached hydrogens (tertiary/aromatic N) is 2. The summed E-state index contributed by atoms with van der Waals surface area (Å²) in [6.07, 6.45) is 5.86. The first-order valence-electron chi connectivity index (χ1n) is 5.81. The average Bonchev–Trinajstić information content (AvgIpc) is 2.83. The summed E-state index contributed by atoms with van der Waals surface area (Å²) in [5, 5.41) is 12.2. The molecular weight excluding hydrogens is 254 g/mol. The van der Waals surface area contributed by atoms with Crippen LogP contribution in [0.3, 0.4) is 0 Å². The topological polar surface area (TPSA) is 47.0 Å². The second kappa shape index (κ2) is 6.98. The van der Waals surface area contributed by atoms with Gasteiger partial charge in [0.2, 0.25) is 5.13 Å². The molecule has 0 aromatic carbocycles. The molecule has 1 aliphatic rings. The number of aromatic nitrogens is 2. The Kier molecular flexibility index (Phi) is 5.28. The average molecular weight is 271 g/mol. The number of hydrogen-bond donors (Lipinski definition) is 1. The summed E-state index contributed by atoms with van der Waals surface area (Å²) in [6, 6.07) is 0. The molecule has 0 amide bonds. The van der Waals surface area contributed by atoms with Gasteiger partial charge in [0.05, 0.1) is 6.10 Å². The van der Waals surface area contributed by atoms with E-state index in [1.165, 1.54) is 19.3 Å². The Hall–Kier alpha value is -0.590. The van der Waals surface area contributed by atoms with Crippen LogP contribution in [0.25, 0.3) is 0 Å². The minimum absolute atomic E-state index is 0.391. The number of thioether (sulfide) groups is 1. The molecule has 1 aromatic heterocycles. The lowest BCUT2D eigenvalue weighted by Crippen LogP contribution is -2.21. The van der Waals surface area contributed by atoms with Gasteiger partial charge in [0.15, 0.2) is 4.34 Å². The van der Waals surface area contributed by atoms with Gasteiger partial charge in [-0.2, -0.15) is 0 Å². The Morgan fingerprint density at radius 1 is 1.53 bits per heavy atom. The zero-order valence-corrected chi connectivity index (χ0v) is 11.4. The van der Waals surface area contributed by atoms with Crippen LogP contribution in [0.4, 0.5) is 5.13 Å². The summed E-state index contributed by atoms with van der Waals surface area (Å²) in [4.78, 5) is 0. The molecule has 1 unspecified atom stereocenters. The lowest BCUT2D eigenvalue weighted by atomic mass is 10.1. The summed E-state index contributed by atoms with van der Waals surface area (Å²) in [5.74, 6) is 0.982. The summed E-state index contributed by atoms with van der Waals surface area (Å²) >= 11 is 3.32. The highest BCUT2D eigenvalue weighted by atomic mass is 32.2. The van der Waals surface area contributed by atoms with Crippen LogP contribution >= 0.6 is 23.1 Å². The van der Waals surface area contributed by atoms with E-state index in [1.54, 1.807) is 23.1 Å². The van der Waals surface area contributed by atoms with E-state index < -0.39 is 0 Å². The van der Waals surface area contributed by atoms with E-state index in [0.29, 0.717) is 6.10 Å². The zero-order valence-electron chi connectivity index (χ0n) is 9.72. The molecule has 1 atom stereocenters. The molecule has 0 bridgehead atoms. The highest BCUT2D eigenvalue weighted by Crippen LogP contribution is 2.28. The Morgan fingerprint density at radius 2 is 2.47 bits per heavy atom. The molecule has 1 N–H and O–H groups in total. The number of nitrogens with one attached hydrogen (secondary N) is 1. The van der Waals surface area contributed by atoms with Crippen molar-refractivity contribution in [2.24, 2.45) is 0 Å². The Balaban J connectivity index is 1.74. The van der Waals surface area contributed by atoms with Crippen LogP contribution in [0.15, 0.2) is 17.0 Å². The smallest absolute Gasteiger partial charge is 0.206 e.